The number of benzene rings is 1. The van der Waals surface area contributed by atoms with E-state index in [2.05, 4.69) is 51.2 Å². The minimum atomic E-state index is 0.713. The molecular weight excluding hydrogens is 206 g/mol. The summed E-state index contributed by atoms with van der Waals surface area (Å²) in [6, 6.07) is 7.45. The van der Waals surface area contributed by atoms with Gasteiger partial charge in [0.2, 0.25) is 0 Å². The van der Waals surface area contributed by atoms with Crippen LogP contribution in [0.2, 0.25) is 0 Å². The molecule has 0 spiro atoms. The lowest BCUT2D eigenvalue weighted by molar-refractivity contribution is 0.369. The molecule has 1 N–H and O–H groups in total. The Morgan fingerprint density at radius 3 is 2.59 bits per heavy atom. The van der Waals surface area contributed by atoms with Crippen LogP contribution in [0.15, 0.2) is 18.2 Å². The zero-order valence-corrected chi connectivity index (χ0v) is 11.6. The van der Waals surface area contributed by atoms with Crippen LogP contribution in [-0.2, 0) is 6.54 Å². The Bertz CT molecular complexity index is 383. The van der Waals surface area contributed by atoms with Crippen molar-refractivity contribution in [3.05, 3.63) is 34.9 Å². The molecule has 3 unspecified atom stereocenters. The summed E-state index contributed by atoms with van der Waals surface area (Å²) in [5, 5.41) is 3.75. The average molecular weight is 231 g/mol. The van der Waals surface area contributed by atoms with E-state index in [-0.39, 0.29) is 0 Å². The largest absolute Gasteiger partial charge is 0.310 e. The van der Waals surface area contributed by atoms with E-state index in [4.69, 9.17) is 0 Å². The molecule has 0 aromatic heterocycles. The SMILES string of the molecule is Cc1ccc(C)c(CNC2CCC(C)C2C)c1. The number of nitrogens with one attached hydrogen (secondary N) is 1. The second-order valence-corrected chi connectivity index (χ2v) is 5.83. The van der Waals surface area contributed by atoms with Gasteiger partial charge in [-0.05, 0) is 49.7 Å². The second kappa shape index (κ2) is 5.22. The molecular formula is C16H25N. The van der Waals surface area contributed by atoms with Crippen LogP contribution in [0, 0.1) is 25.7 Å². The molecule has 0 aliphatic heterocycles. The lowest BCUT2D eigenvalue weighted by Gasteiger charge is -2.20. The Hall–Kier alpha value is -0.820. The zero-order valence-electron chi connectivity index (χ0n) is 11.6. The van der Waals surface area contributed by atoms with E-state index in [9.17, 15) is 0 Å². The summed E-state index contributed by atoms with van der Waals surface area (Å²) in [6.07, 6.45) is 2.72. The molecule has 1 saturated carbocycles. The molecule has 1 aromatic rings. The molecule has 1 fully saturated rings. The van der Waals surface area contributed by atoms with Crippen LogP contribution in [0.3, 0.4) is 0 Å². The molecule has 0 saturated heterocycles. The van der Waals surface area contributed by atoms with Crippen molar-refractivity contribution in [2.45, 2.75) is 53.1 Å². The molecule has 3 atom stereocenters. The van der Waals surface area contributed by atoms with Crippen LogP contribution in [0.1, 0.15) is 43.4 Å². The first kappa shape index (κ1) is 12.6. The van der Waals surface area contributed by atoms with Gasteiger partial charge >= 0.3 is 0 Å². The van der Waals surface area contributed by atoms with E-state index in [1.165, 1.54) is 29.5 Å². The Morgan fingerprint density at radius 2 is 1.94 bits per heavy atom. The van der Waals surface area contributed by atoms with Crippen molar-refractivity contribution in [3.63, 3.8) is 0 Å². The number of rotatable bonds is 3. The van der Waals surface area contributed by atoms with Crippen LogP contribution < -0.4 is 5.32 Å². The maximum Gasteiger partial charge on any atom is 0.0210 e. The van der Waals surface area contributed by atoms with Crippen molar-refractivity contribution in [2.75, 3.05) is 0 Å². The van der Waals surface area contributed by atoms with Crippen LogP contribution in [0.5, 0.6) is 0 Å². The van der Waals surface area contributed by atoms with Gasteiger partial charge in [0.05, 0.1) is 0 Å². The maximum absolute atomic E-state index is 3.75. The topological polar surface area (TPSA) is 12.0 Å². The van der Waals surface area contributed by atoms with Crippen molar-refractivity contribution in [1.29, 1.82) is 0 Å². The molecule has 2 rings (SSSR count). The summed E-state index contributed by atoms with van der Waals surface area (Å²) >= 11 is 0. The van der Waals surface area contributed by atoms with Crippen LogP contribution in [0.25, 0.3) is 0 Å². The fourth-order valence-corrected chi connectivity index (χ4v) is 2.88. The van der Waals surface area contributed by atoms with Crippen molar-refractivity contribution in [1.82, 2.24) is 5.32 Å². The van der Waals surface area contributed by atoms with Crippen LogP contribution >= 0.6 is 0 Å². The van der Waals surface area contributed by atoms with Gasteiger partial charge in [0.25, 0.3) is 0 Å². The first-order valence-electron chi connectivity index (χ1n) is 6.87. The quantitative estimate of drug-likeness (QED) is 0.833. The van der Waals surface area contributed by atoms with Crippen molar-refractivity contribution in [3.8, 4) is 0 Å². The van der Waals surface area contributed by atoms with Gasteiger partial charge in [0.15, 0.2) is 0 Å². The fraction of sp³-hybridized carbons (Fsp3) is 0.625. The highest BCUT2D eigenvalue weighted by molar-refractivity contribution is 5.30. The van der Waals surface area contributed by atoms with Crippen molar-refractivity contribution >= 4 is 0 Å². The van der Waals surface area contributed by atoms with Gasteiger partial charge in [-0.25, -0.2) is 0 Å². The van der Waals surface area contributed by atoms with Crippen molar-refractivity contribution < 1.29 is 0 Å². The summed E-state index contributed by atoms with van der Waals surface area (Å²) in [7, 11) is 0. The van der Waals surface area contributed by atoms with Gasteiger partial charge in [-0.3, -0.25) is 0 Å². The zero-order chi connectivity index (χ0) is 12.4. The minimum Gasteiger partial charge on any atom is -0.310 e. The lowest BCUT2D eigenvalue weighted by atomic mass is 9.97. The number of aryl methyl sites for hydroxylation is 2. The molecule has 0 radical (unpaired) electrons. The van der Waals surface area contributed by atoms with E-state index >= 15 is 0 Å². The van der Waals surface area contributed by atoms with Crippen LogP contribution in [0.4, 0.5) is 0 Å². The molecule has 1 aliphatic rings. The van der Waals surface area contributed by atoms with Gasteiger partial charge in [0.1, 0.15) is 0 Å². The second-order valence-electron chi connectivity index (χ2n) is 5.83. The molecule has 1 nitrogen and oxygen atoms in total. The monoisotopic (exact) mass is 231 g/mol. The van der Waals surface area contributed by atoms with Gasteiger partial charge in [-0.15, -0.1) is 0 Å². The highest BCUT2D eigenvalue weighted by atomic mass is 14.9. The first-order chi connectivity index (χ1) is 8.08. The van der Waals surface area contributed by atoms with Crippen LogP contribution in [-0.4, -0.2) is 6.04 Å². The highest BCUT2D eigenvalue weighted by Gasteiger charge is 2.28. The molecule has 0 amide bonds. The minimum absolute atomic E-state index is 0.713. The molecule has 1 heteroatoms. The van der Waals surface area contributed by atoms with E-state index in [0.717, 1.165) is 18.4 Å². The lowest BCUT2D eigenvalue weighted by Crippen LogP contribution is -2.32. The van der Waals surface area contributed by atoms with Gasteiger partial charge < -0.3 is 5.32 Å². The molecule has 94 valence electrons. The predicted molar refractivity (Wildman–Crippen MR) is 74.1 cm³/mol. The third-order valence-electron chi connectivity index (χ3n) is 4.52. The third-order valence-corrected chi connectivity index (χ3v) is 4.52. The summed E-state index contributed by atoms with van der Waals surface area (Å²) in [4.78, 5) is 0. The summed E-state index contributed by atoms with van der Waals surface area (Å²) in [6.45, 7) is 10.2. The molecule has 0 bridgehead atoms. The number of hydrogen-bond acceptors (Lipinski definition) is 1. The van der Waals surface area contributed by atoms with Gasteiger partial charge in [0, 0.05) is 12.6 Å². The normalized spacial score (nSPS) is 28.6. The predicted octanol–water partition coefficient (Wildman–Crippen LogP) is 3.83. The smallest absolute Gasteiger partial charge is 0.0210 e. The van der Waals surface area contributed by atoms with E-state index < -0.39 is 0 Å². The summed E-state index contributed by atoms with van der Waals surface area (Å²) in [5.74, 6) is 1.70. The summed E-state index contributed by atoms with van der Waals surface area (Å²) < 4.78 is 0. The summed E-state index contributed by atoms with van der Waals surface area (Å²) in [5.41, 5.74) is 4.22. The Kier molecular flexibility index (Phi) is 3.88. The fourth-order valence-electron chi connectivity index (χ4n) is 2.88. The molecule has 1 aliphatic carbocycles. The van der Waals surface area contributed by atoms with Gasteiger partial charge in [-0.2, -0.15) is 0 Å². The Labute approximate surface area is 106 Å². The molecule has 0 heterocycles. The average Bonchev–Trinajstić information content (AvgIpc) is 2.62. The van der Waals surface area contributed by atoms with E-state index in [1.54, 1.807) is 0 Å². The molecule has 1 aromatic carbocycles. The Balaban J connectivity index is 1.96. The third kappa shape index (κ3) is 2.90. The van der Waals surface area contributed by atoms with Crippen molar-refractivity contribution in [2.24, 2.45) is 11.8 Å². The van der Waals surface area contributed by atoms with E-state index in [0.29, 0.717) is 6.04 Å². The first-order valence-corrected chi connectivity index (χ1v) is 6.87. The number of hydrogen-bond donors (Lipinski definition) is 1. The molecule has 17 heavy (non-hydrogen) atoms. The van der Waals surface area contributed by atoms with E-state index in [1.807, 2.05) is 0 Å². The highest BCUT2D eigenvalue weighted by Crippen LogP contribution is 2.31. The Morgan fingerprint density at radius 1 is 1.18 bits per heavy atom. The maximum atomic E-state index is 3.75. The van der Waals surface area contributed by atoms with Gasteiger partial charge in [-0.1, -0.05) is 37.6 Å². The standard InChI is InChI=1S/C16H25N/c1-11-5-6-13(3)15(9-11)10-17-16-8-7-12(2)14(16)4/h5-6,9,12,14,16-17H,7-8,10H2,1-4H3.